The van der Waals surface area contributed by atoms with Gasteiger partial charge in [-0.15, -0.1) is 0 Å². The summed E-state index contributed by atoms with van der Waals surface area (Å²) in [5.41, 5.74) is 5.57. The molecule has 8 heavy (non-hydrogen) atoms. The van der Waals surface area contributed by atoms with Gasteiger partial charge in [-0.25, -0.2) is 0 Å². The normalized spacial score (nSPS) is 38.2. The molecule has 0 bridgehead atoms. The van der Waals surface area contributed by atoms with Crippen LogP contribution >= 0.6 is 0 Å². The van der Waals surface area contributed by atoms with Crippen molar-refractivity contribution in [1.29, 1.82) is 0 Å². The number of rotatable bonds is 1. The highest BCUT2D eigenvalue weighted by Gasteiger charge is 2.21. The SMILES string of the molecule is N[C@@H]1CCN[C@@H]1CO. The molecule has 0 aromatic carbocycles. The van der Waals surface area contributed by atoms with E-state index in [0.717, 1.165) is 13.0 Å². The summed E-state index contributed by atoms with van der Waals surface area (Å²) in [6.07, 6.45) is 0.991. The number of aliphatic hydroxyl groups is 1. The number of aliphatic hydroxyl groups excluding tert-OH is 1. The van der Waals surface area contributed by atoms with E-state index in [0.29, 0.717) is 0 Å². The van der Waals surface area contributed by atoms with Crippen LogP contribution in [0.5, 0.6) is 0 Å². The van der Waals surface area contributed by atoms with Gasteiger partial charge >= 0.3 is 0 Å². The Labute approximate surface area is 48.9 Å². The van der Waals surface area contributed by atoms with Crippen LogP contribution in [0, 0.1) is 0 Å². The Bertz CT molecular complexity index is 76.8. The molecule has 1 rings (SSSR count). The summed E-state index contributed by atoms with van der Waals surface area (Å²) in [5.74, 6) is 0. The molecule has 1 heterocycles. The second-order valence-electron chi connectivity index (χ2n) is 2.20. The van der Waals surface area contributed by atoms with Crippen molar-refractivity contribution in [3.8, 4) is 0 Å². The third kappa shape index (κ3) is 0.992. The summed E-state index contributed by atoms with van der Waals surface area (Å²) >= 11 is 0. The molecule has 0 aromatic rings. The molecule has 1 aliphatic heterocycles. The Morgan fingerprint density at radius 1 is 1.75 bits per heavy atom. The summed E-state index contributed by atoms with van der Waals surface area (Å²) in [4.78, 5) is 0. The van der Waals surface area contributed by atoms with Crippen LogP contribution in [0.3, 0.4) is 0 Å². The van der Waals surface area contributed by atoms with Crippen LogP contribution in [0.25, 0.3) is 0 Å². The summed E-state index contributed by atoms with van der Waals surface area (Å²) in [5, 5.41) is 11.7. The molecule has 3 heteroatoms. The van der Waals surface area contributed by atoms with Gasteiger partial charge in [0.1, 0.15) is 0 Å². The van der Waals surface area contributed by atoms with Gasteiger partial charge < -0.3 is 16.2 Å². The van der Waals surface area contributed by atoms with E-state index < -0.39 is 0 Å². The van der Waals surface area contributed by atoms with Crippen molar-refractivity contribution in [3.05, 3.63) is 0 Å². The van der Waals surface area contributed by atoms with Gasteiger partial charge in [-0.3, -0.25) is 0 Å². The highest BCUT2D eigenvalue weighted by molar-refractivity contribution is 4.85. The van der Waals surface area contributed by atoms with Crippen molar-refractivity contribution in [2.75, 3.05) is 13.2 Å². The highest BCUT2D eigenvalue weighted by Crippen LogP contribution is 2.01. The molecular weight excluding hydrogens is 104 g/mol. The van der Waals surface area contributed by atoms with Crippen molar-refractivity contribution in [3.63, 3.8) is 0 Å². The van der Waals surface area contributed by atoms with E-state index in [9.17, 15) is 0 Å². The summed E-state index contributed by atoms with van der Waals surface area (Å²) in [7, 11) is 0. The lowest BCUT2D eigenvalue weighted by Crippen LogP contribution is -2.38. The first kappa shape index (κ1) is 6.01. The number of hydrogen-bond acceptors (Lipinski definition) is 3. The Kier molecular flexibility index (Phi) is 1.83. The monoisotopic (exact) mass is 116 g/mol. The fraction of sp³-hybridized carbons (Fsp3) is 1.00. The second kappa shape index (κ2) is 2.44. The molecule has 0 aliphatic carbocycles. The van der Waals surface area contributed by atoms with Crippen LogP contribution in [-0.4, -0.2) is 30.3 Å². The summed E-state index contributed by atoms with van der Waals surface area (Å²) in [6.45, 7) is 1.12. The molecule has 0 aromatic heterocycles. The van der Waals surface area contributed by atoms with Gasteiger partial charge in [0.2, 0.25) is 0 Å². The molecule has 1 aliphatic rings. The highest BCUT2D eigenvalue weighted by atomic mass is 16.3. The maximum atomic E-state index is 8.59. The molecule has 1 saturated heterocycles. The summed E-state index contributed by atoms with van der Waals surface area (Å²) in [6, 6.07) is 0.315. The molecule has 3 nitrogen and oxygen atoms in total. The minimum atomic E-state index is 0.148. The van der Waals surface area contributed by atoms with Crippen LogP contribution in [0.1, 0.15) is 6.42 Å². The van der Waals surface area contributed by atoms with E-state index in [1.54, 1.807) is 0 Å². The zero-order valence-corrected chi connectivity index (χ0v) is 4.80. The van der Waals surface area contributed by atoms with Crippen LogP contribution in [0.4, 0.5) is 0 Å². The van der Waals surface area contributed by atoms with Gasteiger partial charge in [-0.2, -0.15) is 0 Å². The summed E-state index contributed by atoms with van der Waals surface area (Å²) < 4.78 is 0. The smallest absolute Gasteiger partial charge is 0.0599 e. The third-order valence-corrected chi connectivity index (χ3v) is 1.60. The van der Waals surface area contributed by atoms with Crippen LogP contribution in [0.2, 0.25) is 0 Å². The van der Waals surface area contributed by atoms with Gasteiger partial charge in [0, 0.05) is 12.1 Å². The topological polar surface area (TPSA) is 58.3 Å². The van der Waals surface area contributed by atoms with Gasteiger partial charge in [-0.1, -0.05) is 0 Å². The average molecular weight is 116 g/mol. The van der Waals surface area contributed by atoms with Crippen LogP contribution < -0.4 is 11.1 Å². The van der Waals surface area contributed by atoms with E-state index >= 15 is 0 Å². The number of nitrogens with two attached hydrogens (primary N) is 1. The standard InChI is InChI=1S/C5H12N2O/c6-4-1-2-7-5(4)3-8/h4-5,7-8H,1-3,6H2/t4-,5-/m1/s1. The van der Waals surface area contributed by atoms with Crippen molar-refractivity contribution >= 4 is 0 Å². The Hall–Kier alpha value is -0.120. The Morgan fingerprint density at radius 2 is 2.50 bits per heavy atom. The minimum absolute atomic E-state index is 0.148. The fourth-order valence-corrected chi connectivity index (χ4v) is 0.988. The molecule has 4 N–H and O–H groups in total. The molecule has 0 radical (unpaired) electrons. The van der Waals surface area contributed by atoms with Gasteiger partial charge in [0.25, 0.3) is 0 Å². The Balaban J connectivity index is 2.30. The predicted octanol–water partition coefficient (Wildman–Crippen LogP) is -1.33. The van der Waals surface area contributed by atoms with Crippen molar-refractivity contribution in [2.45, 2.75) is 18.5 Å². The first-order chi connectivity index (χ1) is 3.84. The predicted molar refractivity (Wildman–Crippen MR) is 31.5 cm³/mol. The molecule has 1 fully saturated rings. The maximum Gasteiger partial charge on any atom is 0.0599 e. The van der Waals surface area contributed by atoms with Crippen molar-refractivity contribution in [1.82, 2.24) is 5.32 Å². The molecule has 0 amide bonds. The average Bonchev–Trinajstić information content (AvgIpc) is 2.14. The first-order valence-corrected chi connectivity index (χ1v) is 2.94. The van der Waals surface area contributed by atoms with Crippen LogP contribution in [-0.2, 0) is 0 Å². The van der Waals surface area contributed by atoms with Crippen molar-refractivity contribution in [2.24, 2.45) is 5.73 Å². The molecule has 2 atom stereocenters. The lowest BCUT2D eigenvalue weighted by molar-refractivity contribution is 0.246. The number of nitrogens with one attached hydrogen (secondary N) is 1. The first-order valence-electron chi connectivity index (χ1n) is 2.94. The van der Waals surface area contributed by atoms with Gasteiger partial charge in [0.05, 0.1) is 6.61 Å². The van der Waals surface area contributed by atoms with E-state index in [4.69, 9.17) is 10.8 Å². The van der Waals surface area contributed by atoms with Gasteiger partial charge in [-0.05, 0) is 13.0 Å². The molecule has 0 unspecified atom stereocenters. The van der Waals surface area contributed by atoms with Crippen molar-refractivity contribution < 1.29 is 5.11 Å². The number of hydrogen-bond donors (Lipinski definition) is 3. The zero-order valence-electron chi connectivity index (χ0n) is 4.80. The third-order valence-electron chi connectivity index (χ3n) is 1.60. The largest absolute Gasteiger partial charge is 0.395 e. The molecule has 0 saturated carbocycles. The molecule has 48 valence electrons. The zero-order chi connectivity index (χ0) is 5.98. The van der Waals surface area contributed by atoms with E-state index in [1.165, 1.54) is 0 Å². The minimum Gasteiger partial charge on any atom is -0.395 e. The van der Waals surface area contributed by atoms with E-state index in [1.807, 2.05) is 0 Å². The Morgan fingerprint density at radius 3 is 2.75 bits per heavy atom. The second-order valence-corrected chi connectivity index (χ2v) is 2.20. The lowest BCUT2D eigenvalue weighted by Gasteiger charge is -2.10. The van der Waals surface area contributed by atoms with Gasteiger partial charge in [0.15, 0.2) is 0 Å². The van der Waals surface area contributed by atoms with Crippen LogP contribution in [0.15, 0.2) is 0 Å². The quantitative estimate of drug-likeness (QED) is 0.398. The van der Waals surface area contributed by atoms with E-state index in [-0.39, 0.29) is 18.7 Å². The molecular formula is C5H12N2O. The lowest BCUT2D eigenvalue weighted by atomic mass is 10.1. The van der Waals surface area contributed by atoms with E-state index in [2.05, 4.69) is 5.32 Å². The maximum absolute atomic E-state index is 8.59. The molecule has 0 spiro atoms. The fourth-order valence-electron chi connectivity index (χ4n) is 0.988.